The lowest BCUT2D eigenvalue weighted by Crippen LogP contribution is -2.45. The first-order chi connectivity index (χ1) is 8.52. The molecule has 1 aliphatic rings. The van der Waals surface area contributed by atoms with Gasteiger partial charge < -0.3 is 5.73 Å². The molecule has 0 spiro atoms. The molecule has 0 saturated heterocycles. The Morgan fingerprint density at radius 1 is 1.28 bits per heavy atom. The van der Waals surface area contributed by atoms with Gasteiger partial charge in [-0.05, 0) is 61.8 Å². The summed E-state index contributed by atoms with van der Waals surface area (Å²) in [6.45, 7) is 2.19. The lowest BCUT2D eigenvalue weighted by Gasteiger charge is -2.37. The highest BCUT2D eigenvalue weighted by atomic mass is 19.1. The lowest BCUT2D eigenvalue weighted by atomic mass is 9.73. The van der Waals surface area contributed by atoms with Crippen LogP contribution in [0.15, 0.2) is 18.2 Å². The predicted octanol–water partition coefficient (Wildman–Crippen LogP) is 3.81. The molecule has 1 nitrogen and oxygen atoms in total. The van der Waals surface area contributed by atoms with Crippen molar-refractivity contribution >= 4 is 0 Å². The summed E-state index contributed by atoms with van der Waals surface area (Å²) in [6, 6.07) is 3.61. The maximum Gasteiger partial charge on any atom is 0.126 e. The molecule has 1 fully saturated rings. The van der Waals surface area contributed by atoms with E-state index in [1.807, 2.05) is 0 Å². The average molecular weight is 253 g/mol. The Labute approximate surface area is 107 Å². The molecule has 0 heterocycles. The molecule has 0 atom stereocenters. The van der Waals surface area contributed by atoms with Gasteiger partial charge in [0.15, 0.2) is 0 Å². The molecule has 0 amide bonds. The number of hydrogen-bond acceptors (Lipinski definition) is 1. The van der Waals surface area contributed by atoms with Crippen LogP contribution in [0.2, 0.25) is 0 Å². The van der Waals surface area contributed by atoms with Gasteiger partial charge in [0, 0.05) is 5.54 Å². The molecule has 2 rings (SSSR count). The Kier molecular flexibility index (Phi) is 4.00. The van der Waals surface area contributed by atoms with Crippen molar-refractivity contribution in [2.75, 3.05) is 0 Å². The molecule has 2 N–H and O–H groups in total. The molecule has 1 aliphatic carbocycles. The van der Waals surface area contributed by atoms with E-state index in [2.05, 4.69) is 6.92 Å². The highest BCUT2D eigenvalue weighted by Gasteiger charge is 2.31. The van der Waals surface area contributed by atoms with Crippen molar-refractivity contribution in [2.24, 2.45) is 11.7 Å². The van der Waals surface area contributed by atoms with Gasteiger partial charge in [0.05, 0.1) is 0 Å². The summed E-state index contributed by atoms with van der Waals surface area (Å²) in [5.41, 5.74) is 6.39. The van der Waals surface area contributed by atoms with Crippen molar-refractivity contribution in [1.29, 1.82) is 0 Å². The molecule has 1 aromatic rings. The highest BCUT2D eigenvalue weighted by molar-refractivity contribution is 5.21. The molecule has 0 radical (unpaired) electrons. The average Bonchev–Trinajstić information content (AvgIpc) is 2.35. The third-order valence-corrected chi connectivity index (χ3v) is 4.23. The zero-order valence-electron chi connectivity index (χ0n) is 10.9. The normalized spacial score (nSPS) is 28.3. The molecule has 1 saturated carbocycles. The molecule has 0 aliphatic heterocycles. The van der Waals surface area contributed by atoms with E-state index in [1.54, 1.807) is 0 Å². The maximum absolute atomic E-state index is 13.6. The van der Waals surface area contributed by atoms with Gasteiger partial charge in [0.1, 0.15) is 11.6 Å². The minimum absolute atomic E-state index is 0.348. The van der Waals surface area contributed by atoms with Crippen LogP contribution in [0.3, 0.4) is 0 Å². The first-order valence-corrected chi connectivity index (χ1v) is 6.75. The van der Waals surface area contributed by atoms with E-state index in [4.69, 9.17) is 5.73 Å². The summed E-state index contributed by atoms with van der Waals surface area (Å²) in [4.78, 5) is 0. The SMILES string of the molecule is CCC1CCC(N)(Cc2cc(F)ccc2F)CC1. The quantitative estimate of drug-likeness (QED) is 0.871. The van der Waals surface area contributed by atoms with Crippen LogP contribution in [-0.4, -0.2) is 5.54 Å². The number of hydrogen-bond donors (Lipinski definition) is 1. The summed E-state index contributed by atoms with van der Waals surface area (Å²) in [6.07, 6.45) is 5.63. The zero-order valence-corrected chi connectivity index (χ0v) is 10.9. The molecule has 100 valence electrons. The molecule has 1 aromatic carbocycles. The first-order valence-electron chi connectivity index (χ1n) is 6.75. The fourth-order valence-corrected chi connectivity index (χ4v) is 2.90. The Morgan fingerprint density at radius 3 is 2.56 bits per heavy atom. The molecular weight excluding hydrogens is 232 g/mol. The van der Waals surface area contributed by atoms with E-state index < -0.39 is 5.82 Å². The van der Waals surface area contributed by atoms with Crippen molar-refractivity contribution in [1.82, 2.24) is 0 Å². The predicted molar refractivity (Wildman–Crippen MR) is 69.2 cm³/mol. The Bertz CT molecular complexity index is 409. The first kappa shape index (κ1) is 13.5. The Balaban J connectivity index is 2.06. The van der Waals surface area contributed by atoms with Crippen LogP contribution in [0, 0.1) is 17.6 Å². The van der Waals surface area contributed by atoms with Crippen LogP contribution in [0.4, 0.5) is 8.78 Å². The third-order valence-electron chi connectivity index (χ3n) is 4.23. The topological polar surface area (TPSA) is 26.0 Å². The van der Waals surface area contributed by atoms with E-state index in [1.165, 1.54) is 18.6 Å². The van der Waals surface area contributed by atoms with Gasteiger partial charge >= 0.3 is 0 Å². The van der Waals surface area contributed by atoms with E-state index >= 15 is 0 Å². The zero-order chi connectivity index (χ0) is 13.2. The minimum Gasteiger partial charge on any atom is -0.325 e. The van der Waals surface area contributed by atoms with Crippen LogP contribution < -0.4 is 5.73 Å². The second-order valence-corrected chi connectivity index (χ2v) is 5.63. The number of benzene rings is 1. The second kappa shape index (κ2) is 5.35. The Morgan fingerprint density at radius 2 is 1.94 bits per heavy atom. The minimum atomic E-state index is -0.391. The largest absolute Gasteiger partial charge is 0.325 e. The maximum atomic E-state index is 13.6. The molecule has 0 unspecified atom stereocenters. The smallest absolute Gasteiger partial charge is 0.126 e. The third kappa shape index (κ3) is 3.08. The van der Waals surface area contributed by atoms with Gasteiger partial charge in [0.2, 0.25) is 0 Å². The standard InChI is InChI=1S/C15H21F2N/c1-2-11-5-7-15(18,8-6-11)10-12-9-13(16)3-4-14(12)17/h3-4,9,11H,2,5-8,10,18H2,1H3. The van der Waals surface area contributed by atoms with Crippen LogP contribution in [0.5, 0.6) is 0 Å². The molecular formula is C15H21F2N. The number of nitrogens with two attached hydrogens (primary N) is 1. The molecule has 18 heavy (non-hydrogen) atoms. The van der Waals surface area contributed by atoms with Crippen LogP contribution in [0.25, 0.3) is 0 Å². The van der Waals surface area contributed by atoms with E-state index in [0.29, 0.717) is 12.0 Å². The van der Waals surface area contributed by atoms with E-state index in [-0.39, 0.29) is 11.4 Å². The van der Waals surface area contributed by atoms with Gasteiger partial charge in [-0.25, -0.2) is 8.78 Å². The summed E-state index contributed by atoms with van der Waals surface area (Å²) in [5, 5.41) is 0. The summed E-state index contributed by atoms with van der Waals surface area (Å²) < 4.78 is 26.8. The summed E-state index contributed by atoms with van der Waals surface area (Å²) >= 11 is 0. The van der Waals surface area contributed by atoms with Gasteiger partial charge in [-0.2, -0.15) is 0 Å². The van der Waals surface area contributed by atoms with Gasteiger partial charge in [-0.3, -0.25) is 0 Å². The van der Waals surface area contributed by atoms with Crippen LogP contribution >= 0.6 is 0 Å². The fourth-order valence-electron chi connectivity index (χ4n) is 2.90. The van der Waals surface area contributed by atoms with Crippen molar-refractivity contribution < 1.29 is 8.78 Å². The van der Waals surface area contributed by atoms with E-state index in [9.17, 15) is 8.78 Å². The Hall–Kier alpha value is -0.960. The fraction of sp³-hybridized carbons (Fsp3) is 0.600. The second-order valence-electron chi connectivity index (χ2n) is 5.63. The van der Waals surface area contributed by atoms with Crippen molar-refractivity contribution in [2.45, 2.75) is 51.0 Å². The van der Waals surface area contributed by atoms with Crippen LogP contribution in [0.1, 0.15) is 44.6 Å². The van der Waals surface area contributed by atoms with Gasteiger partial charge in [-0.1, -0.05) is 13.3 Å². The van der Waals surface area contributed by atoms with Gasteiger partial charge in [-0.15, -0.1) is 0 Å². The van der Waals surface area contributed by atoms with Crippen molar-refractivity contribution in [3.8, 4) is 0 Å². The van der Waals surface area contributed by atoms with Crippen molar-refractivity contribution in [3.63, 3.8) is 0 Å². The number of halogens is 2. The van der Waals surface area contributed by atoms with E-state index in [0.717, 1.165) is 37.7 Å². The molecule has 0 aromatic heterocycles. The van der Waals surface area contributed by atoms with Crippen LogP contribution in [-0.2, 0) is 6.42 Å². The molecule has 3 heteroatoms. The number of rotatable bonds is 3. The highest BCUT2D eigenvalue weighted by Crippen LogP contribution is 2.34. The molecule has 0 bridgehead atoms. The van der Waals surface area contributed by atoms with Crippen molar-refractivity contribution in [3.05, 3.63) is 35.4 Å². The summed E-state index contributed by atoms with van der Waals surface area (Å²) in [7, 11) is 0. The van der Waals surface area contributed by atoms with Gasteiger partial charge in [0.25, 0.3) is 0 Å². The summed E-state index contributed by atoms with van der Waals surface area (Å²) in [5.74, 6) is 0.00937. The monoisotopic (exact) mass is 253 g/mol. The lowest BCUT2D eigenvalue weighted by molar-refractivity contribution is 0.227.